The molecule has 1 aromatic heterocycles. The molecule has 0 amide bonds. The van der Waals surface area contributed by atoms with E-state index in [1.165, 1.54) is 0 Å². The van der Waals surface area contributed by atoms with Crippen LogP contribution < -0.4 is 10.5 Å². The van der Waals surface area contributed by atoms with Gasteiger partial charge in [0, 0.05) is 19.3 Å². The Labute approximate surface area is 131 Å². The lowest BCUT2D eigenvalue weighted by atomic mass is 10.1. The highest BCUT2D eigenvalue weighted by Gasteiger charge is 2.16. The zero-order valence-corrected chi connectivity index (χ0v) is 13.6. The summed E-state index contributed by atoms with van der Waals surface area (Å²) in [6, 6.07) is 5.31. The minimum Gasteiger partial charge on any atom is -0.496 e. The molecule has 6 nitrogen and oxygen atoms in total. The van der Waals surface area contributed by atoms with E-state index in [0.29, 0.717) is 18.3 Å². The Morgan fingerprint density at radius 3 is 2.86 bits per heavy atom. The van der Waals surface area contributed by atoms with Gasteiger partial charge >= 0.3 is 0 Å². The fourth-order valence-corrected chi connectivity index (χ4v) is 2.42. The van der Waals surface area contributed by atoms with Gasteiger partial charge in [0.25, 0.3) is 0 Å². The molecule has 2 N–H and O–H groups in total. The van der Waals surface area contributed by atoms with Crippen molar-refractivity contribution in [2.24, 2.45) is 5.73 Å². The molecule has 1 heterocycles. The summed E-state index contributed by atoms with van der Waals surface area (Å²) in [4.78, 5) is 4.35. The number of hydrogen-bond acceptors (Lipinski definition) is 6. The summed E-state index contributed by atoms with van der Waals surface area (Å²) in [5.74, 6) is 1.70. The number of nitrogens with zero attached hydrogens (tertiary/aromatic N) is 2. The van der Waals surface area contributed by atoms with Gasteiger partial charge in [0.15, 0.2) is 0 Å². The molecule has 0 saturated carbocycles. The van der Waals surface area contributed by atoms with Crippen molar-refractivity contribution in [1.29, 1.82) is 0 Å². The summed E-state index contributed by atoms with van der Waals surface area (Å²) >= 11 is 3.43. The summed E-state index contributed by atoms with van der Waals surface area (Å²) < 4.78 is 16.3. The molecule has 0 bridgehead atoms. The van der Waals surface area contributed by atoms with Crippen molar-refractivity contribution in [1.82, 2.24) is 10.1 Å². The SMILES string of the molecule is COCCCC(N)c1nc(-c2ccc(OC)c(Br)c2)no1. The first-order chi connectivity index (χ1) is 10.2. The average Bonchev–Trinajstić information content (AvgIpc) is 2.97. The minimum absolute atomic E-state index is 0.275. The van der Waals surface area contributed by atoms with Crippen molar-refractivity contribution in [3.63, 3.8) is 0 Å². The van der Waals surface area contributed by atoms with Crippen LogP contribution in [0, 0.1) is 0 Å². The topological polar surface area (TPSA) is 83.4 Å². The minimum atomic E-state index is -0.275. The van der Waals surface area contributed by atoms with Gasteiger partial charge in [-0.25, -0.2) is 0 Å². The van der Waals surface area contributed by atoms with E-state index in [-0.39, 0.29) is 6.04 Å². The highest BCUT2D eigenvalue weighted by Crippen LogP contribution is 2.29. The van der Waals surface area contributed by atoms with Gasteiger partial charge < -0.3 is 19.7 Å². The number of methoxy groups -OCH3 is 2. The van der Waals surface area contributed by atoms with E-state index in [0.717, 1.165) is 28.6 Å². The summed E-state index contributed by atoms with van der Waals surface area (Å²) in [5.41, 5.74) is 6.86. The third-order valence-electron chi connectivity index (χ3n) is 3.03. The van der Waals surface area contributed by atoms with Crippen molar-refractivity contribution in [3.8, 4) is 17.1 Å². The number of rotatable bonds is 7. The van der Waals surface area contributed by atoms with Crippen molar-refractivity contribution < 1.29 is 14.0 Å². The third kappa shape index (κ3) is 4.03. The Morgan fingerprint density at radius 1 is 1.38 bits per heavy atom. The van der Waals surface area contributed by atoms with E-state index in [4.69, 9.17) is 19.7 Å². The molecule has 0 aliphatic carbocycles. The number of hydrogen-bond donors (Lipinski definition) is 1. The van der Waals surface area contributed by atoms with E-state index < -0.39 is 0 Å². The van der Waals surface area contributed by atoms with Crippen LogP contribution in [0.3, 0.4) is 0 Å². The lowest BCUT2D eigenvalue weighted by molar-refractivity contribution is 0.188. The maximum Gasteiger partial charge on any atom is 0.243 e. The maximum absolute atomic E-state index is 6.02. The van der Waals surface area contributed by atoms with E-state index in [2.05, 4.69) is 26.1 Å². The highest BCUT2D eigenvalue weighted by molar-refractivity contribution is 9.10. The smallest absolute Gasteiger partial charge is 0.243 e. The molecule has 1 aromatic carbocycles. The van der Waals surface area contributed by atoms with Gasteiger partial charge in [-0.3, -0.25) is 0 Å². The monoisotopic (exact) mass is 355 g/mol. The Bertz CT molecular complexity index is 589. The predicted octanol–water partition coefficient (Wildman–Crippen LogP) is 2.93. The number of halogens is 1. The van der Waals surface area contributed by atoms with E-state index in [1.807, 2.05) is 18.2 Å². The van der Waals surface area contributed by atoms with Crippen LogP contribution in [-0.2, 0) is 4.74 Å². The summed E-state index contributed by atoms with van der Waals surface area (Å²) in [6.07, 6.45) is 1.59. The van der Waals surface area contributed by atoms with Crippen molar-refractivity contribution in [2.45, 2.75) is 18.9 Å². The van der Waals surface area contributed by atoms with Crippen molar-refractivity contribution in [2.75, 3.05) is 20.8 Å². The van der Waals surface area contributed by atoms with E-state index in [1.54, 1.807) is 14.2 Å². The van der Waals surface area contributed by atoms with Gasteiger partial charge in [0.2, 0.25) is 11.7 Å². The number of benzene rings is 1. The molecule has 0 aliphatic heterocycles. The van der Waals surface area contributed by atoms with Crippen LogP contribution in [0.4, 0.5) is 0 Å². The quantitative estimate of drug-likeness (QED) is 0.768. The van der Waals surface area contributed by atoms with Crippen LogP contribution >= 0.6 is 15.9 Å². The molecule has 0 spiro atoms. The van der Waals surface area contributed by atoms with Gasteiger partial charge in [0.05, 0.1) is 17.6 Å². The lowest BCUT2D eigenvalue weighted by Crippen LogP contribution is -2.11. The van der Waals surface area contributed by atoms with Crippen LogP contribution in [0.25, 0.3) is 11.4 Å². The Hall–Kier alpha value is -1.44. The first-order valence-electron chi connectivity index (χ1n) is 6.57. The zero-order chi connectivity index (χ0) is 15.2. The molecule has 0 fully saturated rings. The Balaban J connectivity index is 2.10. The van der Waals surface area contributed by atoms with Crippen molar-refractivity contribution >= 4 is 15.9 Å². The van der Waals surface area contributed by atoms with Crippen molar-refractivity contribution in [3.05, 3.63) is 28.6 Å². The van der Waals surface area contributed by atoms with Crippen LogP contribution in [0.5, 0.6) is 5.75 Å². The number of nitrogens with two attached hydrogens (primary N) is 1. The van der Waals surface area contributed by atoms with E-state index in [9.17, 15) is 0 Å². The second-order valence-corrected chi connectivity index (χ2v) is 5.40. The first kappa shape index (κ1) is 15.9. The van der Waals surface area contributed by atoms with Crippen LogP contribution in [0.1, 0.15) is 24.8 Å². The number of ether oxygens (including phenoxy) is 2. The molecule has 0 radical (unpaired) electrons. The molecule has 7 heteroatoms. The van der Waals surface area contributed by atoms with Crippen LogP contribution in [0.2, 0.25) is 0 Å². The Morgan fingerprint density at radius 2 is 2.19 bits per heavy atom. The molecular weight excluding hydrogens is 338 g/mol. The number of aromatic nitrogens is 2. The predicted molar refractivity (Wildman–Crippen MR) is 82.0 cm³/mol. The van der Waals surface area contributed by atoms with Gasteiger partial charge in [-0.2, -0.15) is 4.98 Å². The van der Waals surface area contributed by atoms with Crippen LogP contribution in [-0.4, -0.2) is 31.0 Å². The van der Waals surface area contributed by atoms with Gasteiger partial charge in [-0.05, 0) is 47.0 Å². The average molecular weight is 356 g/mol. The highest BCUT2D eigenvalue weighted by atomic mass is 79.9. The van der Waals surface area contributed by atoms with Gasteiger partial charge in [-0.15, -0.1) is 0 Å². The fraction of sp³-hybridized carbons (Fsp3) is 0.429. The molecule has 2 rings (SSSR count). The summed E-state index contributed by atoms with van der Waals surface area (Å²) in [6.45, 7) is 0.667. The summed E-state index contributed by atoms with van der Waals surface area (Å²) in [5, 5.41) is 3.97. The second kappa shape index (κ2) is 7.53. The van der Waals surface area contributed by atoms with E-state index >= 15 is 0 Å². The molecule has 2 aromatic rings. The third-order valence-corrected chi connectivity index (χ3v) is 3.65. The molecule has 0 saturated heterocycles. The molecule has 0 aliphatic rings. The standard InChI is InChI=1S/C14H18BrN3O3/c1-19-7-3-4-11(16)14-17-13(18-21-14)9-5-6-12(20-2)10(15)8-9/h5-6,8,11H,3-4,7,16H2,1-2H3. The Kier molecular flexibility index (Phi) is 5.72. The van der Waals surface area contributed by atoms with Gasteiger partial charge in [0.1, 0.15) is 5.75 Å². The van der Waals surface area contributed by atoms with Crippen LogP contribution in [0.15, 0.2) is 27.2 Å². The second-order valence-electron chi connectivity index (χ2n) is 4.55. The lowest BCUT2D eigenvalue weighted by Gasteiger charge is -2.05. The summed E-state index contributed by atoms with van der Waals surface area (Å²) in [7, 11) is 3.28. The molecule has 1 atom stereocenters. The first-order valence-corrected chi connectivity index (χ1v) is 7.37. The maximum atomic E-state index is 6.02. The van der Waals surface area contributed by atoms with Gasteiger partial charge in [-0.1, -0.05) is 5.16 Å². The zero-order valence-electron chi connectivity index (χ0n) is 12.0. The molecule has 114 valence electrons. The fourth-order valence-electron chi connectivity index (χ4n) is 1.88. The molecule has 21 heavy (non-hydrogen) atoms. The normalized spacial score (nSPS) is 12.4. The largest absolute Gasteiger partial charge is 0.496 e. The molecule has 1 unspecified atom stereocenters. The molecular formula is C14H18BrN3O3.